The van der Waals surface area contributed by atoms with Gasteiger partial charge >= 0.3 is 50.4 Å². The molecule has 0 saturated heterocycles. The van der Waals surface area contributed by atoms with Gasteiger partial charge in [-0.15, -0.1) is 0 Å². The van der Waals surface area contributed by atoms with Gasteiger partial charge in [-0.2, -0.15) is 43.9 Å². The number of carboxylic acids is 2. The number of aliphatic hydroxyl groups excluding tert-OH is 2. The number of alkyl halides is 10. The number of aliphatic carboxylic acids is 2. The third kappa shape index (κ3) is 23.4. The summed E-state index contributed by atoms with van der Waals surface area (Å²) in [7, 11) is 0. The van der Waals surface area contributed by atoms with Crippen molar-refractivity contribution in [1.82, 2.24) is 0 Å². The van der Waals surface area contributed by atoms with Crippen molar-refractivity contribution < 1.29 is 110 Å². The van der Waals surface area contributed by atoms with Gasteiger partial charge in [-0.3, -0.25) is 9.59 Å². The molecule has 0 aliphatic rings. The maximum atomic E-state index is 12.4. The Bertz CT molecular complexity index is 723. The van der Waals surface area contributed by atoms with Crippen molar-refractivity contribution in [2.45, 2.75) is 103 Å². The molecule has 0 heterocycles. The van der Waals surface area contributed by atoms with Gasteiger partial charge in [0.1, 0.15) is 11.6 Å². The third-order valence-electron chi connectivity index (χ3n) is 4.81. The fourth-order valence-corrected chi connectivity index (χ4v) is 2.25. The van der Waals surface area contributed by atoms with E-state index in [0.717, 1.165) is 25.7 Å². The van der Waals surface area contributed by atoms with Crippen molar-refractivity contribution >= 4 is 23.5 Å². The number of hydrogen-bond acceptors (Lipinski definition) is 8. The molecular weight excluding hydrogens is 697 g/mol. The summed E-state index contributed by atoms with van der Waals surface area (Å²) in [5.41, 5.74) is 0. The number of carbonyl (C=O) groups is 4. The van der Waals surface area contributed by atoms with Crippen molar-refractivity contribution in [3.8, 4) is 0 Å². The van der Waals surface area contributed by atoms with Gasteiger partial charge in [-0.1, -0.05) is 40.5 Å². The molecule has 0 aliphatic heterocycles. The molecule has 0 saturated carbocycles. The van der Waals surface area contributed by atoms with Crippen LogP contribution in [0.3, 0.4) is 0 Å². The van der Waals surface area contributed by atoms with Crippen LogP contribution in [-0.4, -0.2) is 71.1 Å². The van der Waals surface area contributed by atoms with Gasteiger partial charge in [-0.25, -0.2) is 0 Å². The summed E-state index contributed by atoms with van der Waals surface area (Å²) in [4.78, 5) is 42.3. The van der Waals surface area contributed by atoms with Gasteiger partial charge in [0.15, 0.2) is 0 Å². The van der Waals surface area contributed by atoms with E-state index < -0.39 is 85.2 Å². The minimum atomic E-state index is -5.87. The zero-order valence-electron chi connectivity index (χ0n) is 23.8. The SMILES string of the molecule is CCC(C(=O)[O-])C(=O)CC(F)(F)C(F)(F)F.CCC(C(=O)[O-])C(=O)CC(F)(F)C(F)(F)F.CCCCO.CCCCO.[Zr+2]. The minimum absolute atomic E-state index is 0. The van der Waals surface area contributed by atoms with Crippen LogP contribution in [0.15, 0.2) is 0 Å². The molecule has 0 fully saturated rings. The molecule has 0 aliphatic carbocycles. The Morgan fingerprint density at radius 1 is 0.581 bits per heavy atom. The predicted octanol–water partition coefficient (Wildman–Crippen LogP) is 3.39. The van der Waals surface area contributed by atoms with E-state index in [2.05, 4.69) is 13.8 Å². The van der Waals surface area contributed by atoms with Gasteiger partial charge in [0.05, 0.1) is 36.6 Å². The Morgan fingerprint density at radius 3 is 0.907 bits per heavy atom. The summed E-state index contributed by atoms with van der Waals surface area (Å²) in [6.07, 6.45) is -12.8. The molecule has 0 rings (SSSR count). The molecule has 0 aromatic carbocycles. The van der Waals surface area contributed by atoms with E-state index in [1.807, 2.05) is 0 Å². The predicted molar refractivity (Wildman–Crippen MR) is 123 cm³/mol. The number of halogens is 10. The summed E-state index contributed by atoms with van der Waals surface area (Å²) in [5, 5.41) is 36.6. The van der Waals surface area contributed by atoms with Gasteiger partial charge in [0.25, 0.3) is 0 Å². The maximum Gasteiger partial charge on any atom is 2.00 e. The zero-order chi connectivity index (χ0) is 34.5. The molecule has 43 heavy (non-hydrogen) atoms. The van der Waals surface area contributed by atoms with E-state index in [1.165, 1.54) is 13.8 Å². The van der Waals surface area contributed by atoms with Gasteiger partial charge in [0.2, 0.25) is 0 Å². The van der Waals surface area contributed by atoms with Crippen LogP contribution in [0.4, 0.5) is 43.9 Å². The summed E-state index contributed by atoms with van der Waals surface area (Å²) in [6.45, 7) is 7.13. The number of unbranched alkanes of at least 4 members (excludes halogenated alkanes) is 2. The number of hydrogen-bond donors (Lipinski definition) is 2. The fourth-order valence-electron chi connectivity index (χ4n) is 2.25. The molecule has 2 unspecified atom stereocenters. The fraction of sp³-hybridized carbons (Fsp3) is 0.833. The Kier molecular flexibility index (Phi) is 29.3. The quantitative estimate of drug-likeness (QED) is 0.204. The number of carboxylic acid groups (broad SMARTS) is 2. The molecule has 0 amide bonds. The van der Waals surface area contributed by atoms with Gasteiger partial charge in [-0.05, 0) is 25.7 Å². The number of ketones is 2. The standard InChI is InChI=1S/2C8H9F5O3.2C4H10O.Zr/c2*1-2-4(6(15)16)5(14)3-7(9,10)8(11,12)13;2*1-2-3-4-5;/h2*4H,2-3H2,1H3,(H,15,16);2*5H,2-4H2,1H3;/q;;;;+2/p-2. The second kappa shape index (κ2) is 24.7. The topological polar surface area (TPSA) is 155 Å². The molecule has 19 heteroatoms. The van der Waals surface area contributed by atoms with E-state index in [0.29, 0.717) is 13.2 Å². The molecule has 0 spiro atoms. The molecule has 0 bridgehead atoms. The largest absolute Gasteiger partial charge is 2.00 e. The first-order valence-corrected chi connectivity index (χ1v) is 12.5. The van der Waals surface area contributed by atoms with Crippen LogP contribution in [0.2, 0.25) is 0 Å². The zero-order valence-corrected chi connectivity index (χ0v) is 26.3. The van der Waals surface area contributed by atoms with Crippen molar-refractivity contribution in [2.24, 2.45) is 11.8 Å². The molecule has 0 aromatic rings. The number of rotatable bonds is 14. The van der Waals surface area contributed by atoms with E-state index in [9.17, 15) is 73.3 Å². The number of carbonyl (C=O) groups excluding carboxylic acids is 4. The normalized spacial score (nSPS) is 12.8. The van der Waals surface area contributed by atoms with Crippen LogP contribution in [0, 0.1) is 11.8 Å². The Labute approximate surface area is 261 Å². The Balaban J connectivity index is -0.000000167. The van der Waals surface area contributed by atoms with E-state index in [-0.39, 0.29) is 26.2 Å². The van der Waals surface area contributed by atoms with Crippen molar-refractivity contribution in [2.75, 3.05) is 13.2 Å². The molecule has 0 radical (unpaired) electrons. The molecule has 2 atom stereocenters. The molecule has 8 nitrogen and oxygen atoms in total. The van der Waals surface area contributed by atoms with E-state index in [4.69, 9.17) is 10.2 Å². The number of Topliss-reactive ketones (excluding diaryl/α,β-unsaturated/α-hetero) is 2. The van der Waals surface area contributed by atoms with Crippen molar-refractivity contribution in [3.63, 3.8) is 0 Å². The smallest absolute Gasteiger partial charge is 0.549 e. The first-order valence-electron chi connectivity index (χ1n) is 12.5. The van der Waals surface area contributed by atoms with E-state index >= 15 is 0 Å². The molecule has 254 valence electrons. The monoisotopic (exact) mass is 732 g/mol. The second-order valence-electron chi connectivity index (χ2n) is 8.40. The van der Waals surface area contributed by atoms with Gasteiger partial charge in [0, 0.05) is 13.2 Å². The minimum Gasteiger partial charge on any atom is -0.549 e. The van der Waals surface area contributed by atoms with Crippen LogP contribution in [0.25, 0.3) is 0 Å². The van der Waals surface area contributed by atoms with Gasteiger partial charge < -0.3 is 30.0 Å². The van der Waals surface area contributed by atoms with Crippen LogP contribution in [0.5, 0.6) is 0 Å². The third-order valence-corrected chi connectivity index (χ3v) is 4.81. The maximum absolute atomic E-state index is 12.4. The number of aliphatic hydroxyl groups is 2. The summed E-state index contributed by atoms with van der Waals surface area (Å²) in [6, 6.07) is 0. The molecule has 0 aromatic heterocycles. The Morgan fingerprint density at radius 2 is 0.814 bits per heavy atom. The van der Waals surface area contributed by atoms with Crippen LogP contribution in [-0.2, 0) is 45.4 Å². The van der Waals surface area contributed by atoms with Crippen LogP contribution < -0.4 is 10.2 Å². The summed E-state index contributed by atoms with van der Waals surface area (Å²) >= 11 is 0. The Hall–Kier alpha value is -1.62. The van der Waals surface area contributed by atoms with Crippen LogP contribution >= 0.6 is 0 Å². The average molecular weight is 734 g/mol. The van der Waals surface area contributed by atoms with E-state index in [1.54, 1.807) is 0 Å². The molecule has 2 N–H and O–H groups in total. The van der Waals surface area contributed by atoms with Crippen LogP contribution in [0.1, 0.15) is 79.1 Å². The first kappa shape index (κ1) is 51.0. The second-order valence-corrected chi connectivity index (χ2v) is 8.40. The molecular formula is C24H36F10O8Zr. The van der Waals surface area contributed by atoms with Crippen molar-refractivity contribution in [1.29, 1.82) is 0 Å². The summed E-state index contributed by atoms with van der Waals surface area (Å²) < 4.78 is 120. The average Bonchev–Trinajstić information content (AvgIpc) is 2.79. The summed E-state index contributed by atoms with van der Waals surface area (Å²) in [5.74, 6) is -21.6. The first-order chi connectivity index (χ1) is 18.9. The van der Waals surface area contributed by atoms with Crippen molar-refractivity contribution in [3.05, 3.63) is 0 Å².